The number of hydrogen-bond acceptors (Lipinski definition) is 2. The monoisotopic (exact) mass is 725 g/mol. The maximum absolute atomic E-state index is 5.46. The minimum absolute atomic E-state index is 0. The average molecular weight is 726 g/mol. The average Bonchev–Trinajstić information content (AvgIpc) is 3.63. The predicted octanol–water partition coefficient (Wildman–Crippen LogP) is 8.40. The molecule has 4 aromatic heterocycles. The van der Waals surface area contributed by atoms with Crippen molar-refractivity contribution < 1.29 is 21.1 Å². The van der Waals surface area contributed by atoms with Crippen molar-refractivity contribution in [1.29, 1.82) is 0 Å². The molecule has 4 heterocycles. The minimum Gasteiger partial charge on any atom is -0.320 e. The third-order valence-corrected chi connectivity index (χ3v) is 8.22. The molecular formula is C36H28N5Pt-. The van der Waals surface area contributed by atoms with Gasteiger partial charge in [0.15, 0.2) is 0 Å². The van der Waals surface area contributed by atoms with Gasteiger partial charge in [-0.15, -0.1) is 29.8 Å². The van der Waals surface area contributed by atoms with Gasteiger partial charge in [-0.05, 0) is 56.8 Å². The molecule has 0 saturated carbocycles. The zero-order valence-corrected chi connectivity index (χ0v) is 26.1. The van der Waals surface area contributed by atoms with Crippen molar-refractivity contribution in [2.24, 2.45) is 7.05 Å². The third-order valence-electron chi connectivity index (χ3n) is 8.22. The maximum Gasteiger partial charge on any atom is 0.215 e. The van der Waals surface area contributed by atoms with Crippen LogP contribution in [0.25, 0.3) is 66.6 Å². The molecule has 0 N–H and O–H groups in total. The Kier molecular flexibility index (Phi) is 6.18. The quantitative estimate of drug-likeness (QED) is 0.172. The third kappa shape index (κ3) is 3.88. The number of imidazole rings is 1. The first-order valence-corrected chi connectivity index (χ1v) is 13.9. The van der Waals surface area contributed by atoms with E-state index in [4.69, 9.17) is 9.97 Å². The van der Waals surface area contributed by atoms with Gasteiger partial charge in [0, 0.05) is 62.1 Å². The summed E-state index contributed by atoms with van der Waals surface area (Å²) in [4.78, 5) is 10.2. The number of aromatic nitrogens is 5. The van der Waals surface area contributed by atoms with Crippen LogP contribution in [0.4, 0.5) is 0 Å². The molecule has 0 atom stereocenters. The number of nitrogens with zero attached hydrogens (tertiary/aromatic N) is 5. The summed E-state index contributed by atoms with van der Waals surface area (Å²) in [6, 6.07) is 34.2. The van der Waals surface area contributed by atoms with Crippen molar-refractivity contribution >= 4 is 43.9 Å². The van der Waals surface area contributed by atoms with Gasteiger partial charge in [-0.3, -0.25) is 4.57 Å². The topological polar surface area (TPSA) is 40.6 Å². The van der Waals surface area contributed by atoms with Crippen molar-refractivity contribution in [2.45, 2.75) is 20.8 Å². The summed E-state index contributed by atoms with van der Waals surface area (Å²) in [5.41, 5.74) is 10.9. The van der Waals surface area contributed by atoms with E-state index >= 15 is 0 Å². The summed E-state index contributed by atoms with van der Waals surface area (Å²) in [6.07, 6.45) is 3.82. The van der Waals surface area contributed by atoms with E-state index in [9.17, 15) is 0 Å². The van der Waals surface area contributed by atoms with Crippen LogP contribution in [0, 0.1) is 26.8 Å². The summed E-state index contributed by atoms with van der Waals surface area (Å²) < 4.78 is 6.49. The Hall–Kier alpha value is -4.47. The number of pyridine rings is 1. The van der Waals surface area contributed by atoms with E-state index in [0.717, 1.165) is 50.3 Å². The van der Waals surface area contributed by atoms with Gasteiger partial charge in [-0.25, -0.2) is 9.97 Å². The van der Waals surface area contributed by atoms with E-state index in [0.29, 0.717) is 0 Å². The van der Waals surface area contributed by atoms with Crippen molar-refractivity contribution in [3.63, 3.8) is 0 Å². The van der Waals surface area contributed by atoms with E-state index in [2.05, 4.69) is 121 Å². The van der Waals surface area contributed by atoms with Gasteiger partial charge in [0.1, 0.15) is 11.3 Å². The smallest absolute Gasteiger partial charge is 0.215 e. The first-order valence-electron chi connectivity index (χ1n) is 13.9. The van der Waals surface area contributed by atoms with Gasteiger partial charge >= 0.3 is 0 Å². The fraction of sp³-hybridized carbons (Fsp3) is 0.111. The molecule has 8 aromatic rings. The van der Waals surface area contributed by atoms with E-state index in [1.807, 2.05) is 24.0 Å². The molecule has 0 aliphatic rings. The Morgan fingerprint density at radius 2 is 1.33 bits per heavy atom. The molecule has 0 saturated heterocycles. The molecule has 0 aliphatic carbocycles. The fourth-order valence-corrected chi connectivity index (χ4v) is 6.22. The largest absolute Gasteiger partial charge is 0.320 e. The summed E-state index contributed by atoms with van der Waals surface area (Å²) in [5.74, 6) is 0.840. The van der Waals surface area contributed by atoms with E-state index < -0.39 is 0 Å². The first kappa shape index (κ1) is 26.4. The second-order valence-corrected chi connectivity index (χ2v) is 11.0. The van der Waals surface area contributed by atoms with E-state index in [1.165, 1.54) is 33.0 Å². The van der Waals surface area contributed by atoms with Crippen LogP contribution in [0.1, 0.15) is 16.7 Å². The van der Waals surface area contributed by atoms with E-state index in [1.54, 1.807) is 0 Å². The molecule has 4 aromatic carbocycles. The number of fused-ring (bicyclic) bond motifs is 6. The zero-order chi connectivity index (χ0) is 27.8. The van der Waals surface area contributed by atoms with E-state index in [-0.39, 0.29) is 21.1 Å². The number of rotatable bonds is 3. The summed E-state index contributed by atoms with van der Waals surface area (Å²) >= 11 is 0. The van der Waals surface area contributed by atoms with Gasteiger partial charge in [-0.2, -0.15) is 0 Å². The second-order valence-electron chi connectivity index (χ2n) is 11.0. The van der Waals surface area contributed by atoms with Crippen LogP contribution in [0.3, 0.4) is 0 Å². The van der Waals surface area contributed by atoms with Crippen LogP contribution in [-0.2, 0) is 28.1 Å². The summed E-state index contributed by atoms with van der Waals surface area (Å²) in [5, 5.41) is 4.62. The molecule has 42 heavy (non-hydrogen) atoms. The van der Waals surface area contributed by atoms with Crippen molar-refractivity contribution in [3.05, 3.63) is 120 Å². The minimum atomic E-state index is 0. The van der Waals surface area contributed by atoms with Gasteiger partial charge in [-0.1, -0.05) is 58.7 Å². The Labute approximate surface area is 258 Å². The summed E-state index contributed by atoms with van der Waals surface area (Å²) in [7, 11) is 2.03. The number of benzene rings is 4. The first-order chi connectivity index (χ1) is 20.0. The number of hydrogen-bond donors (Lipinski definition) is 0. The van der Waals surface area contributed by atoms with Crippen LogP contribution in [0.5, 0.6) is 0 Å². The molecule has 0 fully saturated rings. The van der Waals surface area contributed by atoms with Crippen molar-refractivity contribution in [1.82, 2.24) is 23.7 Å². The van der Waals surface area contributed by atoms with Gasteiger partial charge < -0.3 is 9.13 Å². The molecule has 0 aliphatic heterocycles. The Bertz CT molecular complexity index is 2320. The van der Waals surface area contributed by atoms with Gasteiger partial charge in [0.05, 0.1) is 11.0 Å². The molecular weight excluding hydrogens is 698 g/mol. The predicted molar refractivity (Wildman–Crippen MR) is 168 cm³/mol. The molecule has 0 radical (unpaired) electrons. The molecule has 5 nitrogen and oxygen atoms in total. The van der Waals surface area contributed by atoms with Crippen LogP contribution in [0.2, 0.25) is 0 Å². The van der Waals surface area contributed by atoms with Crippen LogP contribution >= 0.6 is 0 Å². The Balaban J connectivity index is 0.00000288. The number of aryl methyl sites for hydroxylation is 4. The zero-order valence-electron chi connectivity index (χ0n) is 23.8. The maximum atomic E-state index is 5.46. The van der Waals surface area contributed by atoms with Crippen LogP contribution in [0.15, 0.2) is 97.3 Å². The molecule has 0 unspecified atom stereocenters. The van der Waals surface area contributed by atoms with Gasteiger partial charge in [0.2, 0.25) is 5.95 Å². The normalized spacial score (nSPS) is 11.6. The van der Waals surface area contributed by atoms with Crippen LogP contribution in [-0.4, -0.2) is 23.7 Å². The molecule has 0 spiro atoms. The Morgan fingerprint density at radius 1 is 0.667 bits per heavy atom. The Morgan fingerprint density at radius 3 is 2.00 bits per heavy atom. The molecule has 208 valence electrons. The standard InChI is InChI=1S/C36H28N5.Pt/c1-22-12-14-32-28(18-22)30-21-31-29-19-23(2)13-15-33(29)41(36-37-16-17-39(36)4)35(31)38-34(30)40(32)26-10-7-9-25(20-26)27-11-6-5-8-24(27)3;/h5-19,21H,1-4H3;/q-1;. The van der Waals surface area contributed by atoms with Gasteiger partial charge in [0.25, 0.3) is 0 Å². The molecule has 0 amide bonds. The molecule has 8 rings (SSSR count). The van der Waals surface area contributed by atoms with Crippen LogP contribution < -0.4 is 0 Å². The van der Waals surface area contributed by atoms with Crippen molar-refractivity contribution in [2.75, 3.05) is 0 Å². The molecule has 6 heteroatoms. The summed E-state index contributed by atoms with van der Waals surface area (Å²) in [6.45, 7) is 6.44. The SMILES string of the molecule is Cc1ccc2c(c1)c1cc3c4cc(C)ccc4n(-c4nccn4C)c3nc1n2-c1[c-]c(-c2ccccc2C)ccc1.[Pt]. The van der Waals surface area contributed by atoms with Crippen molar-refractivity contribution in [3.8, 4) is 22.8 Å². The fourth-order valence-electron chi connectivity index (χ4n) is 6.22. The molecule has 0 bridgehead atoms. The second kappa shape index (κ2) is 9.82.